The van der Waals surface area contributed by atoms with Crippen molar-refractivity contribution in [3.63, 3.8) is 0 Å². The van der Waals surface area contributed by atoms with Crippen molar-refractivity contribution in [1.82, 2.24) is 10.6 Å². The van der Waals surface area contributed by atoms with Crippen molar-refractivity contribution in [3.8, 4) is 0 Å². The third-order valence-electron chi connectivity index (χ3n) is 2.01. The molecule has 0 saturated carbocycles. The highest BCUT2D eigenvalue weighted by molar-refractivity contribution is 5.82. The minimum absolute atomic E-state index is 0.172. The first-order valence-electron chi connectivity index (χ1n) is 5.04. The van der Waals surface area contributed by atoms with Crippen LogP contribution < -0.4 is 22.1 Å². The Hall–Kier alpha value is -1.18. The summed E-state index contributed by atoms with van der Waals surface area (Å²) >= 11 is 0. The molecule has 0 aliphatic heterocycles. The van der Waals surface area contributed by atoms with E-state index in [2.05, 4.69) is 10.6 Å². The van der Waals surface area contributed by atoms with Gasteiger partial charge in [-0.2, -0.15) is 0 Å². The van der Waals surface area contributed by atoms with Crippen molar-refractivity contribution in [1.29, 1.82) is 0 Å². The van der Waals surface area contributed by atoms with Gasteiger partial charge in [-0.05, 0) is 6.92 Å². The minimum atomic E-state index is -0.783. The van der Waals surface area contributed by atoms with Crippen LogP contribution in [0.1, 0.15) is 6.92 Å². The summed E-state index contributed by atoms with van der Waals surface area (Å²) < 4.78 is 4.79. The lowest BCUT2D eigenvalue weighted by molar-refractivity contribution is -0.123. The van der Waals surface area contributed by atoms with E-state index in [0.29, 0.717) is 13.2 Å². The Balaban J connectivity index is 3.74. The molecule has 2 amide bonds. The van der Waals surface area contributed by atoms with Crippen LogP contribution in [0.25, 0.3) is 0 Å². The zero-order valence-corrected chi connectivity index (χ0v) is 9.66. The third kappa shape index (κ3) is 6.33. The Bertz CT molecular complexity index is 235. The van der Waals surface area contributed by atoms with E-state index in [9.17, 15) is 9.59 Å². The first kappa shape index (κ1) is 14.8. The van der Waals surface area contributed by atoms with Gasteiger partial charge in [-0.1, -0.05) is 0 Å². The second-order valence-corrected chi connectivity index (χ2v) is 3.42. The molecule has 0 spiro atoms. The maximum atomic E-state index is 11.4. The number of nitrogens with two attached hydrogens (primary N) is 2. The zero-order chi connectivity index (χ0) is 12.6. The van der Waals surface area contributed by atoms with E-state index < -0.39 is 18.0 Å². The molecule has 0 aromatic carbocycles. The van der Waals surface area contributed by atoms with Crippen LogP contribution in [0.5, 0.6) is 0 Å². The summed E-state index contributed by atoms with van der Waals surface area (Å²) in [5.74, 6) is -0.770. The zero-order valence-electron chi connectivity index (χ0n) is 9.66. The normalized spacial score (nSPS) is 14.2. The van der Waals surface area contributed by atoms with E-state index in [1.165, 1.54) is 0 Å². The molecule has 0 fully saturated rings. The van der Waals surface area contributed by atoms with E-state index in [4.69, 9.17) is 16.2 Å². The average molecular weight is 232 g/mol. The Morgan fingerprint density at radius 3 is 2.56 bits per heavy atom. The Labute approximate surface area is 94.9 Å². The van der Waals surface area contributed by atoms with Gasteiger partial charge >= 0.3 is 0 Å². The largest absolute Gasteiger partial charge is 0.383 e. The van der Waals surface area contributed by atoms with Crippen LogP contribution >= 0.6 is 0 Å². The fourth-order valence-electron chi connectivity index (χ4n) is 0.926. The van der Waals surface area contributed by atoms with E-state index in [-0.39, 0.29) is 12.5 Å². The summed E-state index contributed by atoms with van der Waals surface area (Å²) in [6, 6.07) is -1.21. The molecule has 0 rings (SSSR count). The summed E-state index contributed by atoms with van der Waals surface area (Å²) in [6.45, 7) is 2.76. The summed E-state index contributed by atoms with van der Waals surface area (Å²) in [7, 11) is 1.56. The highest BCUT2D eigenvalue weighted by Crippen LogP contribution is 1.83. The molecular weight excluding hydrogens is 212 g/mol. The van der Waals surface area contributed by atoms with Crippen molar-refractivity contribution in [2.24, 2.45) is 11.5 Å². The molecule has 16 heavy (non-hydrogen) atoms. The van der Waals surface area contributed by atoms with Gasteiger partial charge in [0.05, 0.1) is 18.7 Å². The molecule has 7 nitrogen and oxygen atoms in total. The predicted octanol–water partition coefficient (Wildman–Crippen LogP) is -2.46. The molecule has 7 heteroatoms. The van der Waals surface area contributed by atoms with Gasteiger partial charge in [-0.3, -0.25) is 9.59 Å². The van der Waals surface area contributed by atoms with Crippen LogP contribution in [0.4, 0.5) is 0 Å². The number of nitrogens with one attached hydrogen (secondary N) is 2. The average Bonchev–Trinajstić information content (AvgIpc) is 2.25. The van der Waals surface area contributed by atoms with Gasteiger partial charge < -0.3 is 26.8 Å². The van der Waals surface area contributed by atoms with Crippen LogP contribution in [0.3, 0.4) is 0 Å². The fraction of sp³-hybridized carbons (Fsp3) is 0.778. The number of hydrogen-bond donors (Lipinski definition) is 4. The summed E-state index contributed by atoms with van der Waals surface area (Å²) in [5, 5.41) is 5.46. The molecule has 0 aliphatic rings. The van der Waals surface area contributed by atoms with Crippen LogP contribution in [-0.4, -0.2) is 50.7 Å². The van der Waals surface area contributed by atoms with Crippen molar-refractivity contribution in [3.05, 3.63) is 0 Å². The topological polar surface area (TPSA) is 119 Å². The number of hydrogen-bond acceptors (Lipinski definition) is 5. The van der Waals surface area contributed by atoms with Crippen LogP contribution in [0.15, 0.2) is 0 Å². The van der Waals surface area contributed by atoms with E-state index in [1.807, 2.05) is 0 Å². The molecule has 2 unspecified atom stereocenters. The molecule has 94 valence electrons. The Kier molecular flexibility index (Phi) is 7.44. The first-order chi connectivity index (χ1) is 7.49. The van der Waals surface area contributed by atoms with Crippen molar-refractivity contribution < 1.29 is 14.3 Å². The molecule has 0 radical (unpaired) electrons. The number of methoxy groups -OCH3 is 1. The first-order valence-corrected chi connectivity index (χ1v) is 5.04. The van der Waals surface area contributed by atoms with Crippen molar-refractivity contribution >= 4 is 11.8 Å². The summed E-state index contributed by atoms with van der Waals surface area (Å²) in [4.78, 5) is 22.0. The lowest BCUT2D eigenvalue weighted by Gasteiger charge is -2.15. The SMILES string of the molecule is COCCNC(=O)C(C)NCC(N)C(N)=O. The van der Waals surface area contributed by atoms with Crippen LogP contribution in [0, 0.1) is 0 Å². The van der Waals surface area contributed by atoms with Gasteiger partial charge in [0.2, 0.25) is 11.8 Å². The van der Waals surface area contributed by atoms with Gasteiger partial charge in [0, 0.05) is 20.2 Å². The molecule has 2 atom stereocenters. The predicted molar refractivity (Wildman–Crippen MR) is 59.5 cm³/mol. The lowest BCUT2D eigenvalue weighted by atomic mass is 10.2. The smallest absolute Gasteiger partial charge is 0.236 e. The molecule has 0 heterocycles. The second kappa shape index (κ2) is 8.03. The molecule has 0 aromatic heterocycles. The number of ether oxygens (including phenoxy) is 1. The van der Waals surface area contributed by atoms with Crippen molar-refractivity contribution in [2.75, 3.05) is 26.8 Å². The van der Waals surface area contributed by atoms with Gasteiger partial charge in [0.15, 0.2) is 0 Å². The van der Waals surface area contributed by atoms with Crippen LogP contribution in [-0.2, 0) is 14.3 Å². The van der Waals surface area contributed by atoms with E-state index in [0.717, 1.165) is 0 Å². The molecule has 0 saturated heterocycles. The molecular formula is C9H20N4O3. The van der Waals surface area contributed by atoms with Gasteiger partial charge in [-0.15, -0.1) is 0 Å². The van der Waals surface area contributed by atoms with Crippen molar-refractivity contribution in [2.45, 2.75) is 19.0 Å². The molecule has 6 N–H and O–H groups in total. The number of carbonyl (C=O) groups is 2. The minimum Gasteiger partial charge on any atom is -0.383 e. The highest BCUT2D eigenvalue weighted by Gasteiger charge is 2.15. The number of amides is 2. The van der Waals surface area contributed by atoms with E-state index in [1.54, 1.807) is 14.0 Å². The third-order valence-corrected chi connectivity index (χ3v) is 2.01. The second-order valence-electron chi connectivity index (χ2n) is 3.42. The fourth-order valence-corrected chi connectivity index (χ4v) is 0.926. The molecule has 0 aliphatic carbocycles. The maximum Gasteiger partial charge on any atom is 0.236 e. The maximum absolute atomic E-state index is 11.4. The number of carbonyl (C=O) groups excluding carboxylic acids is 2. The number of primary amides is 1. The Morgan fingerprint density at radius 1 is 1.44 bits per heavy atom. The Morgan fingerprint density at radius 2 is 2.06 bits per heavy atom. The standard InChI is InChI=1S/C9H20N4O3/c1-6(9(15)12-3-4-16-2)13-5-7(10)8(11)14/h6-7,13H,3-5,10H2,1-2H3,(H2,11,14)(H,12,15). The molecule has 0 bridgehead atoms. The van der Waals surface area contributed by atoms with Gasteiger partial charge in [0.1, 0.15) is 0 Å². The van der Waals surface area contributed by atoms with Crippen LogP contribution in [0.2, 0.25) is 0 Å². The molecule has 0 aromatic rings. The quantitative estimate of drug-likeness (QED) is 0.346. The summed E-state index contributed by atoms with van der Waals surface area (Å²) in [5.41, 5.74) is 10.4. The monoisotopic (exact) mass is 232 g/mol. The van der Waals surface area contributed by atoms with E-state index >= 15 is 0 Å². The van der Waals surface area contributed by atoms with Gasteiger partial charge in [-0.25, -0.2) is 0 Å². The number of rotatable bonds is 8. The highest BCUT2D eigenvalue weighted by atomic mass is 16.5. The lowest BCUT2D eigenvalue weighted by Crippen LogP contribution is -2.50. The summed E-state index contributed by atoms with van der Waals surface area (Å²) in [6.07, 6.45) is 0. The van der Waals surface area contributed by atoms with Gasteiger partial charge in [0.25, 0.3) is 0 Å².